The summed E-state index contributed by atoms with van der Waals surface area (Å²) in [5, 5.41) is 13.7. The molecule has 1 aliphatic heterocycles. The quantitative estimate of drug-likeness (QED) is 0.863. The lowest BCUT2D eigenvalue weighted by molar-refractivity contribution is 0.0363. The van der Waals surface area contributed by atoms with Crippen LogP contribution in [0.5, 0.6) is 0 Å². The van der Waals surface area contributed by atoms with Crippen molar-refractivity contribution < 1.29 is 14.3 Å². The molecule has 3 rings (SSSR count). The largest absolute Gasteiger partial charge is 0.468 e. The Morgan fingerprint density at radius 2 is 2.24 bits per heavy atom. The summed E-state index contributed by atoms with van der Waals surface area (Å²) in [5.74, 6) is 0.910. The molecule has 2 aromatic heterocycles. The van der Waals surface area contributed by atoms with Crippen molar-refractivity contribution in [2.24, 2.45) is 0 Å². The van der Waals surface area contributed by atoms with Crippen molar-refractivity contribution in [1.29, 1.82) is 0 Å². The molecule has 0 radical (unpaired) electrons. The zero-order valence-electron chi connectivity index (χ0n) is 14.8. The van der Waals surface area contributed by atoms with Gasteiger partial charge in [0.05, 0.1) is 12.8 Å². The Kier molecular flexibility index (Phi) is 5.55. The van der Waals surface area contributed by atoms with E-state index in [4.69, 9.17) is 4.42 Å². The van der Waals surface area contributed by atoms with E-state index in [2.05, 4.69) is 10.00 Å². The Morgan fingerprint density at radius 3 is 2.92 bits per heavy atom. The lowest BCUT2D eigenvalue weighted by Gasteiger charge is -2.41. The molecule has 1 aliphatic rings. The third-order valence-electron chi connectivity index (χ3n) is 4.67. The van der Waals surface area contributed by atoms with Crippen LogP contribution in [0.4, 0.5) is 0 Å². The van der Waals surface area contributed by atoms with Gasteiger partial charge in [0.15, 0.2) is 0 Å². The number of rotatable bonds is 6. The Balaban J connectivity index is 1.70. The van der Waals surface area contributed by atoms with Gasteiger partial charge in [0, 0.05) is 44.5 Å². The SMILES string of the molecule is CC(C)n1nccc1C(=O)N1CCN(Cc2ccco2)[C@H](CCO)C1. The minimum atomic E-state index is 0.00629. The molecule has 1 fully saturated rings. The summed E-state index contributed by atoms with van der Waals surface area (Å²) in [6.07, 6.45) is 3.97. The Labute approximate surface area is 147 Å². The van der Waals surface area contributed by atoms with E-state index < -0.39 is 0 Å². The topological polar surface area (TPSA) is 74.7 Å². The highest BCUT2D eigenvalue weighted by Crippen LogP contribution is 2.19. The molecule has 7 heteroatoms. The molecule has 0 unspecified atom stereocenters. The van der Waals surface area contributed by atoms with Crippen molar-refractivity contribution in [2.45, 2.75) is 38.9 Å². The molecule has 3 heterocycles. The highest BCUT2D eigenvalue weighted by molar-refractivity contribution is 5.92. The zero-order valence-corrected chi connectivity index (χ0v) is 14.8. The number of piperazine rings is 1. The summed E-state index contributed by atoms with van der Waals surface area (Å²) in [6, 6.07) is 5.86. The van der Waals surface area contributed by atoms with Crippen LogP contribution in [0.3, 0.4) is 0 Å². The van der Waals surface area contributed by atoms with Gasteiger partial charge in [-0.25, -0.2) is 0 Å². The molecule has 0 bridgehead atoms. The van der Waals surface area contributed by atoms with Crippen LogP contribution in [0.25, 0.3) is 0 Å². The number of carbonyl (C=O) groups is 1. The second-order valence-electron chi connectivity index (χ2n) is 6.72. The number of amides is 1. The molecule has 1 atom stereocenters. The fraction of sp³-hybridized carbons (Fsp3) is 0.556. The summed E-state index contributed by atoms with van der Waals surface area (Å²) in [4.78, 5) is 17.1. The molecule has 136 valence electrons. The number of hydrogen-bond donors (Lipinski definition) is 1. The van der Waals surface area contributed by atoms with E-state index in [9.17, 15) is 9.90 Å². The lowest BCUT2D eigenvalue weighted by Crippen LogP contribution is -2.54. The van der Waals surface area contributed by atoms with Crippen LogP contribution < -0.4 is 0 Å². The Bertz CT molecular complexity index is 680. The van der Waals surface area contributed by atoms with Gasteiger partial charge >= 0.3 is 0 Å². The van der Waals surface area contributed by atoms with E-state index in [0.717, 1.165) is 12.3 Å². The van der Waals surface area contributed by atoms with E-state index >= 15 is 0 Å². The molecule has 0 saturated carbocycles. The van der Waals surface area contributed by atoms with Crippen LogP contribution in [0.15, 0.2) is 35.1 Å². The smallest absolute Gasteiger partial charge is 0.272 e. The molecule has 1 amide bonds. The van der Waals surface area contributed by atoms with Crippen LogP contribution >= 0.6 is 0 Å². The number of nitrogens with zero attached hydrogens (tertiary/aromatic N) is 4. The first kappa shape index (κ1) is 17.7. The fourth-order valence-corrected chi connectivity index (χ4v) is 3.37. The Morgan fingerprint density at radius 1 is 1.40 bits per heavy atom. The molecule has 7 nitrogen and oxygen atoms in total. The normalized spacial score (nSPS) is 18.9. The first-order chi connectivity index (χ1) is 12.1. The summed E-state index contributed by atoms with van der Waals surface area (Å²) in [6.45, 7) is 6.84. The molecule has 0 aliphatic carbocycles. The third-order valence-corrected chi connectivity index (χ3v) is 4.67. The number of aromatic nitrogens is 2. The molecular formula is C18H26N4O3. The van der Waals surface area contributed by atoms with Gasteiger partial charge in [-0.3, -0.25) is 14.4 Å². The summed E-state index contributed by atoms with van der Waals surface area (Å²) in [7, 11) is 0. The molecule has 0 aromatic carbocycles. The molecule has 1 N–H and O–H groups in total. The second-order valence-corrected chi connectivity index (χ2v) is 6.72. The number of carbonyl (C=O) groups excluding carboxylic acids is 1. The van der Waals surface area contributed by atoms with Crippen LogP contribution in [0.1, 0.15) is 42.6 Å². The van der Waals surface area contributed by atoms with E-state index in [0.29, 0.717) is 31.7 Å². The van der Waals surface area contributed by atoms with Crippen molar-refractivity contribution in [2.75, 3.05) is 26.2 Å². The van der Waals surface area contributed by atoms with Crippen molar-refractivity contribution in [1.82, 2.24) is 19.6 Å². The zero-order chi connectivity index (χ0) is 17.8. The predicted molar refractivity (Wildman–Crippen MR) is 93.1 cm³/mol. The maximum atomic E-state index is 12.9. The van der Waals surface area contributed by atoms with Crippen LogP contribution in [-0.4, -0.2) is 62.9 Å². The van der Waals surface area contributed by atoms with Crippen molar-refractivity contribution >= 4 is 5.91 Å². The fourth-order valence-electron chi connectivity index (χ4n) is 3.37. The van der Waals surface area contributed by atoms with E-state index in [1.165, 1.54) is 0 Å². The first-order valence-corrected chi connectivity index (χ1v) is 8.80. The maximum absolute atomic E-state index is 12.9. The molecule has 0 spiro atoms. The molecule has 25 heavy (non-hydrogen) atoms. The highest BCUT2D eigenvalue weighted by atomic mass is 16.3. The van der Waals surface area contributed by atoms with Gasteiger partial charge < -0.3 is 14.4 Å². The van der Waals surface area contributed by atoms with Gasteiger partial charge in [-0.2, -0.15) is 5.10 Å². The van der Waals surface area contributed by atoms with E-state index in [-0.39, 0.29) is 24.6 Å². The van der Waals surface area contributed by atoms with Crippen molar-refractivity contribution in [3.05, 3.63) is 42.1 Å². The number of furan rings is 1. The number of hydrogen-bond acceptors (Lipinski definition) is 5. The number of aliphatic hydroxyl groups is 1. The molecule has 1 saturated heterocycles. The van der Waals surface area contributed by atoms with Gasteiger partial charge in [-0.05, 0) is 38.5 Å². The summed E-state index contributed by atoms with van der Waals surface area (Å²) in [5.41, 5.74) is 0.622. The van der Waals surface area contributed by atoms with Crippen LogP contribution in [-0.2, 0) is 6.54 Å². The number of aliphatic hydroxyl groups excluding tert-OH is 1. The summed E-state index contributed by atoms with van der Waals surface area (Å²) < 4.78 is 7.20. The summed E-state index contributed by atoms with van der Waals surface area (Å²) >= 11 is 0. The van der Waals surface area contributed by atoms with Gasteiger partial charge in [0.25, 0.3) is 5.91 Å². The maximum Gasteiger partial charge on any atom is 0.272 e. The monoisotopic (exact) mass is 346 g/mol. The minimum Gasteiger partial charge on any atom is -0.468 e. The molecular weight excluding hydrogens is 320 g/mol. The molecule has 2 aromatic rings. The van der Waals surface area contributed by atoms with Gasteiger partial charge in [-0.1, -0.05) is 0 Å². The van der Waals surface area contributed by atoms with Gasteiger partial charge in [0.2, 0.25) is 0 Å². The van der Waals surface area contributed by atoms with Crippen LogP contribution in [0.2, 0.25) is 0 Å². The predicted octanol–water partition coefficient (Wildman–Crippen LogP) is 1.77. The van der Waals surface area contributed by atoms with Gasteiger partial charge in [0.1, 0.15) is 11.5 Å². The third kappa shape index (κ3) is 3.93. The average Bonchev–Trinajstić information content (AvgIpc) is 3.27. The first-order valence-electron chi connectivity index (χ1n) is 8.80. The average molecular weight is 346 g/mol. The minimum absolute atomic E-state index is 0.00629. The van der Waals surface area contributed by atoms with Crippen molar-refractivity contribution in [3.8, 4) is 0 Å². The Hall–Kier alpha value is -2.12. The van der Waals surface area contributed by atoms with Crippen molar-refractivity contribution in [3.63, 3.8) is 0 Å². The van der Waals surface area contributed by atoms with Gasteiger partial charge in [-0.15, -0.1) is 0 Å². The van der Waals surface area contributed by atoms with E-state index in [1.54, 1.807) is 23.2 Å². The highest BCUT2D eigenvalue weighted by Gasteiger charge is 2.31. The second kappa shape index (κ2) is 7.84. The van der Waals surface area contributed by atoms with E-state index in [1.807, 2.05) is 30.9 Å². The van der Waals surface area contributed by atoms with Crippen LogP contribution in [0, 0.1) is 0 Å². The standard InChI is InChI=1S/C18H26N4O3/c1-14(2)22-17(5-7-19-22)18(24)21-9-8-20(15(12-21)6-10-23)13-16-4-3-11-25-16/h3-5,7,11,14-15,23H,6,8-10,12-13H2,1-2H3/t15-/m1/s1. The lowest BCUT2D eigenvalue weighted by atomic mass is 10.1.